The van der Waals surface area contributed by atoms with Gasteiger partial charge < -0.3 is 20.4 Å². The molecule has 0 aromatic carbocycles. The molecule has 0 aromatic rings. The fourth-order valence-electron chi connectivity index (χ4n) is 0.814. The van der Waals surface area contributed by atoms with Crippen LogP contribution in [0, 0.1) is 0 Å². The molecule has 0 rings (SSSR count). The molecule has 88 valence electrons. The molecule has 0 aliphatic rings. The highest BCUT2D eigenvalue weighted by atomic mass is 32.2. The lowest BCUT2D eigenvalue weighted by molar-refractivity contribution is -0.142. The Hall–Kier alpha value is -0.790. The zero-order chi connectivity index (χ0) is 11.8. The summed E-state index contributed by atoms with van der Waals surface area (Å²) >= 11 is 0.950. The zero-order valence-corrected chi connectivity index (χ0v) is 8.81. The molecule has 0 amide bonds. The van der Waals surface area contributed by atoms with Crippen molar-refractivity contribution in [2.75, 3.05) is 12.4 Å². The molecule has 0 aliphatic heterocycles. The number of carboxylic acid groups (broad SMARTS) is 2. The highest BCUT2D eigenvalue weighted by Crippen LogP contribution is 2.16. The van der Waals surface area contributed by atoms with Gasteiger partial charge in [0.15, 0.2) is 0 Å². The van der Waals surface area contributed by atoms with Crippen molar-refractivity contribution in [1.29, 1.82) is 0 Å². The van der Waals surface area contributed by atoms with E-state index in [9.17, 15) is 9.59 Å². The van der Waals surface area contributed by atoms with Crippen LogP contribution in [-0.4, -0.2) is 56.1 Å². The lowest BCUT2D eigenvalue weighted by Crippen LogP contribution is -2.22. The number of aliphatic hydroxyl groups is 2. The van der Waals surface area contributed by atoms with Crippen LogP contribution in [0.1, 0.15) is 12.8 Å². The monoisotopic (exact) mass is 238 g/mol. The lowest BCUT2D eigenvalue weighted by atomic mass is 10.3. The molecular weight excluding hydrogens is 224 g/mol. The van der Waals surface area contributed by atoms with Gasteiger partial charge in [0, 0.05) is 0 Å². The molecule has 4 N–H and O–H groups in total. The van der Waals surface area contributed by atoms with E-state index in [0.29, 0.717) is 5.75 Å². The molecule has 0 saturated carbocycles. The van der Waals surface area contributed by atoms with Gasteiger partial charge in [-0.25, -0.2) is 0 Å². The lowest BCUT2D eigenvalue weighted by Gasteiger charge is -2.10. The first-order valence-electron chi connectivity index (χ1n) is 4.32. The van der Waals surface area contributed by atoms with Crippen LogP contribution in [0.15, 0.2) is 0 Å². The van der Waals surface area contributed by atoms with Crippen molar-refractivity contribution in [1.82, 2.24) is 0 Å². The second-order valence-electron chi connectivity index (χ2n) is 2.92. The van der Waals surface area contributed by atoms with Crippen molar-refractivity contribution >= 4 is 23.7 Å². The van der Waals surface area contributed by atoms with Crippen molar-refractivity contribution in [2.45, 2.75) is 24.2 Å². The van der Waals surface area contributed by atoms with Crippen LogP contribution in [-0.2, 0) is 9.59 Å². The van der Waals surface area contributed by atoms with E-state index in [0.717, 1.165) is 11.8 Å². The SMILES string of the molecule is O=C(O)CC(SCCC(O)CO)C(=O)O. The predicted octanol–water partition coefficient (Wildman–Crippen LogP) is -0.609. The maximum atomic E-state index is 10.6. The summed E-state index contributed by atoms with van der Waals surface area (Å²) in [4.78, 5) is 20.9. The van der Waals surface area contributed by atoms with E-state index in [2.05, 4.69) is 0 Å². The van der Waals surface area contributed by atoms with Crippen molar-refractivity contribution in [3.8, 4) is 0 Å². The number of aliphatic carboxylic acids is 2. The summed E-state index contributed by atoms with van der Waals surface area (Å²) < 4.78 is 0. The summed E-state index contributed by atoms with van der Waals surface area (Å²) in [5, 5.41) is 33.5. The Bertz CT molecular complexity index is 219. The van der Waals surface area contributed by atoms with E-state index in [-0.39, 0.29) is 13.0 Å². The third-order valence-electron chi connectivity index (χ3n) is 1.62. The number of hydrogen-bond donors (Lipinski definition) is 4. The molecule has 0 radical (unpaired) electrons. The van der Waals surface area contributed by atoms with E-state index >= 15 is 0 Å². The first kappa shape index (κ1) is 14.2. The van der Waals surface area contributed by atoms with E-state index in [1.54, 1.807) is 0 Å². The minimum absolute atomic E-state index is 0.241. The van der Waals surface area contributed by atoms with E-state index in [1.165, 1.54) is 0 Å². The minimum atomic E-state index is -1.18. The molecule has 0 aliphatic carbocycles. The number of carboxylic acids is 2. The fraction of sp³-hybridized carbons (Fsp3) is 0.750. The maximum absolute atomic E-state index is 10.6. The number of carbonyl (C=O) groups is 2. The number of rotatable bonds is 8. The Kier molecular flexibility index (Phi) is 7.10. The summed E-state index contributed by atoms with van der Waals surface area (Å²) in [6.45, 7) is -0.378. The first-order chi connectivity index (χ1) is 6.97. The molecule has 0 bridgehead atoms. The summed E-state index contributed by atoms with van der Waals surface area (Å²) in [6, 6.07) is 0. The fourth-order valence-corrected chi connectivity index (χ4v) is 1.91. The molecule has 2 unspecified atom stereocenters. The normalized spacial score (nSPS) is 14.5. The van der Waals surface area contributed by atoms with E-state index in [1.807, 2.05) is 0 Å². The smallest absolute Gasteiger partial charge is 0.317 e. The van der Waals surface area contributed by atoms with Crippen LogP contribution >= 0.6 is 11.8 Å². The third-order valence-corrected chi connectivity index (χ3v) is 2.86. The second kappa shape index (κ2) is 7.49. The molecule has 2 atom stereocenters. The molecule has 0 saturated heterocycles. The van der Waals surface area contributed by atoms with E-state index in [4.69, 9.17) is 20.4 Å². The Morgan fingerprint density at radius 2 is 1.87 bits per heavy atom. The molecule has 0 spiro atoms. The van der Waals surface area contributed by atoms with Gasteiger partial charge in [-0.05, 0) is 12.2 Å². The van der Waals surface area contributed by atoms with Crippen LogP contribution in [0.3, 0.4) is 0 Å². The Balaban J connectivity index is 3.86. The highest BCUT2D eigenvalue weighted by Gasteiger charge is 2.21. The highest BCUT2D eigenvalue weighted by molar-refractivity contribution is 8.00. The van der Waals surface area contributed by atoms with Gasteiger partial charge in [0.1, 0.15) is 5.25 Å². The number of hydrogen-bond acceptors (Lipinski definition) is 5. The number of aliphatic hydroxyl groups excluding tert-OH is 2. The summed E-state index contributed by atoms with van der Waals surface area (Å²) in [5.41, 5.74) is 0. The topological polar surface area (TPSA) is 115 Å². The molecule has 6 nitrogen and oxygen atoms in total. The van der Waals surface area contributed by atoms with Gasteiger partial charge in [-0.3, -0.25) is 9.59 Å². The second-order valence-corrected chi connectivity index (χ2v) is 4.23. The van der Waals surface area contributed by atoms with Gasteiger partial charge in [0.2, 0.25) is 0 Å². The van der Waals surface area contributed by atoms with Crippen LogP contribution < -0.4 is 0 Å². The van der Waals surface area contributed by atoms with Gasteiger partial charge in [0.25, 0.3) is 0 Å². The Morgan fingerprint density at radius 3 is 2.27 bits per heavy atom. The van der Waals surface area contributed by atoms with Crippen LogP contribution in [0.4, 0.5) is 0 Å². The van der Waals surface area contributed by atoms with Gasteiger partial charge in [-0.1, -0.05) is 0 Å². The van der Waals surface area contributed by atoms with Crippen LogP contribution in [0.5, 0.6) is 0 Å². The third kappa shape index (κ3) is 7.18. The molecule has 0 aromatic heterocycles. The van der Waals surface area contributed by atoms with Crippen molar-refractivity contribution < 1.29 is 30.0 Å². The van der Waals surface area contributed by atoms with Gasteiger partial charge >= 0.3 is 11.9 Å². The molecule has 7 heteroatoms. The predicted molar refractivity (Wildman–Crippen MR) is 53.8 cm³/mol. The molecule has 0 fully saturated rings. The maximum Gasteiger partial charge on any atom is 0.317 e. The minimum Gasteiger partial charge on any atom is -0.481 e. The van der Waals surface area contributed by atoms with Crippen LogP contribution in [0.25, 0.3) is 0 Å². The Morgan fingerprint density at radius 1 is 1.27 bits per heavy atom. The van der Waals surface area contributed by atoms with E-state index < -0.39 is 29.7 Å². The largest absolute Gasteiger partial charge is 0.481 e. The first-order valence-corrected chi connectivity index (χ1v) is 5.37. The molecular formula is C8H14O6S. The molecule has 15 heavy (non-hydrogen) atoms. The summed E-state index contributed by atoms with van der Waals surface area (Å²) in [6.07, 6.45) is -1.09. The summed E-state index contributed by atoms with van der Waals surface area (Å²) in [5.74, 6) is -2.05. The number of thioether (sulfide) groups is 1. The standard InChI is InChI=1S/C8H14O6S/c9-4-5(10)1-2-15-6(8(13)14)3-7(11)12/h5-6,9-10H,1-4H2,(H,11,12)(H,13,14). The van der Waals surface area contributed by atoms with Gasteiger partial charge in [-0.15, -0.1) is 11.8 Å². The average molecular weight is 238 g/mol. The zero-order valence-electron chi connectivity index (χ0n) is 8.00. The van der Waals surface area contributed by atoms with Gasteiger partial charge in [-0.2, -0.15) is 0 Å². The average Bonchev–Trinajstić information content (AvgIpc) is 2.15. The molecule has 0 heterocycles. The van der Waals surface area contributed by atoms with Crippen LogP contribution in [0.2, 0.25) is 0 Å². The van der Waals surface area contributed by atoms with Gasteiger partial charge in [0.05, 0.1) is 19.1 Å². The van der Waals surface area contributed by atoms with Crippen molar-refractivity contribution in [3.05, 3.63) is 0 Å². The summed E-state index contributed by atoms with van der Waals surface area (Å²) in [7, 11) is 0. The Labute approximate surface area is 90.9 Å². The van der Waals surface area contributed by atoms with Crippen molar-refractivity contribution in [2.24, 2.45) is 0 Å². The quantitative estimate of drug-likeness (QED) is 0.446. The van der Waals surface area contributed by atoms with Crippen molar-refractivity contribution in [3.63, 3.8) is 0 Å².